The van der Waals surface area contributed by atoms with E-state index in [1.807, 2.05) is 0 Å². The molecule has 36 heavy (non-hydrogen) atoms. The van der Waals surface area contributed by atoms with Crippen LogP contribution in [0.5, 0.6) is 5.75 Å². The Bertz CT molecular complexity index is 1610. The van der Waals surface area contributed by atoms with Gasteiger partial charge in [0.15, 0.2) is 16.9 Å². The van der Waals surface area contributed by atoms with E-state index in [1.165, 1.54) is 36.1 Å². The lowest BCUT2D eigenvalue weighted by Crippen LogP contribution is -2.30. The average molecular weight is 499 g/mol. The van der Waals surface area contributed by atoms with E-state index >= 15 is 0 Å². The number of aromatic amines is 1. The first-order chi connectivity index (χ1) is 17.1. The minimum absolute atomic E-state index is 0.0150. The fourth-order valence-corrected chi connectivity index (χ4v) is 3.72. The number of nitrogens with zero attached hydrogens (tertiary/aromatic N) is 5. The van der Waals surface area contributed by atoms with Crippen LogP contribution in [0.25, 0.3) is 33.5 Å². The van der Waals surface area contributed by atoms with Gasteiger partial charge in [-0.3, -0.25) is 9.67 Å². The molecule has 1 amide bonds. The monoisotopic (exact) mass is 499 g/mol. The highest BCUT2D eigenvalue weighted by Crippen LogP contribution is 2.31. The summed E-state index contributed by atoms with van der Waals surface area (Å²) < 4.78 is 59.5. The molecule has 1 aromatic carbocycles. The molecule has 0 aliphatic heterocycles. The Balaban J connectivity index is 1.39. The summed E-state index contributed by atoms with van der Waals surface area (Å²) in [6.45, 7) is 1.48. The van der Waals surface area contributed by atoms with Gasteiger partial charge in [-0.1, -0.05) is 0 Å². The van der Waals surface area contributed by atoms with Gasteiger partial charge in [-0.2, -0.15) is 18.3 Å². The van der Waals surface area contributed by atoms with Crippen molar-refractivity contribution in [3.63, 3.8) is 0 Å². The molecule has 2 N–H and O–H groups in total. The van der Waals surface area contributed by atoms with Crippen molar-refractivity contribution in [1.82, 2.24) is 35.0 Å². The summed E-state index contributed by atoms with van der Waals surface area (Å²) in [5, 5.41) is 7.52. The van der Waals surface area contributed by atoms with E-state index in [-0.39, 0.29) is 17.0 Å². The lowest BCUT2D eigenvalue weighted by molar-refractivity contribution is -0.137. The number of aromatic nitrogens is 6. The minimum Gasteiger partial charge on any atom is -0.406 e. The van der Waals surface area contributed by atoms with E-state index in [0.717, 1.165) is 18.3 Å². The Kier molecular flexibility index (Phi) is 5.54. The Hall–Kier alpha value is -4.55. The average Bonchev–Trinajstić information content (AvgIpc) is 3.38. The predicted octanol–water partition coefficient (Wildman–Crippen LogP) is 4.91. The number of alkyl halides is 3. The van der Waals surface area contributed by atoms with Crippen molar-refractivity contribution >= 4 is 28.2 Å². The first-order valence-corrected chi connectivity index (χ1v) is 10.6. The van der Waals surface area contributed by atoms with Crippen molar-refractivity contribution in [3.05, 3.63) is 66.0 Å². The number of hydrogen-bond donors (Lipinski definition) is 2. The van der Waals surface area contributed by atoms with Crippen LogP contribution in [0, 0.1) is 5.82 Å². The molecular formula is C23H17F4N7O2. The molecule has 4 aromatic heterocycles. The summed E-state index contributed by atoms with van der Waals surface area (Å²) in [5.74, 6) is -0.354. The minimum atomic E-state index is -4.54. The number of amides is 1. The maximum absolute atomic E-state index is 13.7. The van der Waals surface area contributed by atoms with Crippen LogP contribution in [0.4, 0.5) is 22.4 Å². The largest absolute Gasteiger partial charge is 0.416 e. The van der Waals surface area contributed by atoms with E-state index in [4.69, 9.17) is 4.74 Å². The number of rotatable bonds is 4. The van der Waals surface area contributed by atoms with E-state index < -0.39 is 29.7 Å². The molecule has 5 rings (SSSR count). The molecule has 0 saturated carbocycles. The molecule has 0 bridgehead atoms. The van der Waals surface area contributed by atoms with E-state index in [0.29, 0.717) is 27.9 Å². The molecule has 0 fully saturated rings. The summed E-state index contributed by atoms with van der Waals surface area (Å²) in [5.41, 5.74) is 1.09. The molecule has 13 heteroatoms. The maximum Gasteiger partial charge on any atom is 0.416 e. The van der Waals surface area contributed by atoms with Gasteiger partial charge in [-0.15, -0.1) is 0 Å². The highest BCUT2D eigenvalue weighted by atomic mass is 19.4. The highest BCUT2D eigenvalue weighted by molar-refractivity contribution is 5.93. The van der Waals surface area contributed by atoms with Crippen molar-refractivity contribution < 1.29 is 27.1 Å². The van der Waals surface area contributed by atoms with E-state index in [9.17, 15) is 22.4 Å². The zero-order chi connectivity index (χ0) is 25.6. The topological polar surface area (TPSA) is 111 Å². The predicted molar refractivity (Wildman–Crippen MR) is 120 cm³/mol. The number of aryl methyl sites for hydroxylation is 1. The third kappa shape index (κ3) is 4.30. The van der Waals surface area contributed by atoms with Crippen LogP contribution in [-0.2, 0) is 13.2 Å². The Morgan fingerprint density at radius 1 is 1.19 bits per heavy atom. The van der Waals surface area contributed by atoms with Crippen molar-refractivity contribution in [3.8, 4) is 17.1 Å². The second kappa shape index (κ2) is 8.59. The van der Waals surface area contributed by atoms with Gasteiger partial charge in [0.1, 0.15) is 17.2 Å². The molecule has 1 atom stereocenters. The van der Waals surface area contributed by atoms with Crippen molar-refractivity contribution in [2.45, 2.75) is 19.1 Å². The Labute approximate surface area is 200 Å². The summed E-state index contributed by atoms with van der Waals surface area (Å²) in [7, 11) is 1.67. The second-order valence-corrected chi connectivity index (χ2v) is 7.96. The zero-order valence-electron chi connectivity index (χ0n) is 18.8. The van der Waals surface area contributed by atoms with Gasteiger partial charge >= 0.3 is 12.3 Å². The summed E-state index contributed by atoms with van der Waals surface area (Å²) in [6, 6.07) is 5.09. The SMILES string of the molecule is C[C@@H](NC(=O)Oc1c[nH]c2ncc(-c3nn(C)c4cc(F)ccc34)nc12)c1cc(C(F)(F)F)ccn1. The fraction of sp³-hybridized carbons (Fsp3) is 0.174. The number of carbonyl (C=O) groups is 1. The first-order valence-electron chi connectivity index (χ1n) is 10.6. The van der Waals surface area contributed by atoms with Crippen LogP contribution in [0.3, 0.4) is 0 Å². The third-order valence-electron chi connectivity index (χ3n) is 5.49. The number of H-pyrrole nitrogens is 1. The summed E-state index contributed by atoms with van der Waals surface area (Å²) in [4.78, 5) is 28.0. The van der Waals surface area contributed by atoms with E-state index in [2.05, 4.69) is 30.4 Å². The van der Waals surface area contributed by atoms with Crippen LogP contribution >= 0.6 is 0 Å². The molecular weight excluding hydrogens is 482 g/mol. The molecule has 0 aliphatic carbocycles. The standard InChI is InChI=1S/C23H17F4N7O2/c1-11(15-7-12(5-6-28-15)23(25,26)27)31-22(35)36-18-10-30-21-20(18)32-16(9-29-21)19-14-4-3-13(24)8-17(14)34(2)33-19/h3-11H,1-2H3,(H,29,30)(H,31,35)/t11-/m1/s1. The van der Waals surface area contributed by atoms with Crippen LogP contribution in [0.1, 0.15) is 24.2 Å². The Morgan fingerprint density at radius 3 is 2.78 bits per heavy atom. The number of nitrogens with one attached hydrogen (secondary N) is 2. The first kappa shape index (κ1) is 23.2. The number of pyridine rings is 1. The summed E-state index contributed by atoms with van der Waals surface area (Å²) >= 11 is 0. The highest BCUT2D eigenvalue weighted by Gasteiger charge is 2.31. The molecule has 184 valence electrons. The second-order valence-electron chi connectivity index (χ2n) is 7.96. The number of fused-ring (bicyclic) bond motifs is 2. The maximum atomic E-state index is 13.7. The number of ether oxygens (including phenoxy) is 1. The zero-order valence-corrected chi connectivity index (χ0v) is 18.8. The van der Waals surface area contributed by atoms with Gasteiger partial charge in [-0.05, 0) is 37.3 Å². The Morgan fingerprint density at radius 2 is 2.00 bits per heavy atom. The van der Waals surface area contributed by atoms with Gasteiger partial charge in [0.25, 0.3) is 0 Å². The van der Waals surface area contributed by atoms with Gasteiger partial charge in [0.05, 0.1) is 29.0 Å². The molecule has 0 radical (unpaired) electrons. The molecule has 0 spiro atoms. The quantitative estimate of drug-likeness (QED) is 0.340. The molecule has 9 nitrogen and oxygen atoms in total. The van der Waals surface area contributed by atoms with Crippen molar-refractivity contribution in [2.75, 3.05) is 0 Å². The number of benzene rings is 1. The van der Waals surface area contributed by atoms with Crippen LogP contribution in [0.2, 0.25) is 0 Å². The van der Waals surface area contributed by atoms with E-state index in [1.54, 1.807) is 13.1 Å². The number of hydrogen-bond acceptors (Lipinski definition) is 6. The summed E-state index contributed by atoms with van der Waals surface area (Å²) in [6.07, 6.45) is -1.57. The smallest absolute Gasteiger partial charge is 0.406 e. The lowest BCUT2D eigenvalue weighted by Gasteiger charge is -2.15. The molecule has 0 unspecified atom stereocenters. The molecule has 5 aromatic rings. The van der Waals surface area contributed by atoms with Gasteiger partial charge in [-0.25, -0.2) is 19.2 Å². The number of halogens is 4. The number of carbonyl (C=O) groups excluding carboxylic acids is 1. The van der Waals surface area contributed by atoms with Crippen LogP contribution in [0.15, 0.2) is 48.9 Å². The van der Waals surface area contributed by atoms with Crippen molar-refractivity contribution in [1.29, 1.82) is 0 Å². The molecule has 0 saturated heterocycles. The van der Waals surface area contributed by atoms with Crippen LogP contribution in [-0.4, -0.2) is 35.8 Å². The van der Waals surface area contributed by atoms with Gasteiger partial charge < -0.3 is 15.0 Å². The van der Waals surface area contributed by atoms with Crippen LogP contribution < -0.4 is 10.1 Å². The fourth-order valence-electron chi connectivity index (χ4n) is 3.72. The normalized spacial score (nSPS) is 12.7. The van der Waals surface area contributed by atoms with Gasteiger partial charge in [0.2, 0.25) is 0 Å². The lowest BCUT2D eigenvalue weighted by atomic mass is 10.1. The molecule has 0 aliphatic rings. The van der Waals surface area contributed by atoms with Gasteiger partial charge in [0, 0.05) is 24.8 Å². The third-order valence-corrected chi connectivity index (χ3v) is 5.49. The molecule has 4 heterocycles. The van der Waals surface area contributed by atoms with Crippen molar-refractivity contribution in [2.24, 2.45) is 7.05 Å².